The molecule has 33 heavy (non-hydrogen) atoms. The molecular formula is C25H27N3O5. The molecule has 0 aliphatic carbocycles. The van der Waals surface area contributed by atoms with Crippen molar-refractivity contribution in [3.63, 3.8) is 0 Å². The van der Waals surface area contributed by atoms with E-state index < -0.39 is 18.5 Å². The molecule has 1 heterocycles. The van der Waals surface area contributed by atoms with E-state index in [0.717, 1.165) is 5.56 Å². The Kier molecular flexibility index (Phi) is 7.61. The van der Waals surface area contributed by atoms with Crippen LogP contribution in [-0.2, 0) is 9.53 Å². The maximum atomic E-state index is 12.8. The van der Waals surface area contributed by atoms with Crippen LogP contribution in [0.15, 0.2) is 59.1 Å². The Morgan fingerprint density at radius 2 is 1.67 bits per heavy atom. The summed E-state index contributed by atoms with van der Waals surface area (Å²) in [5, 5.41) is 9.38. The van der Waals surface area contributed by atoms with Gasteiger partial charge in [-0.25, -0.2) is 4.79 Å². The molecule has 2 N–H and O–H groups in total. The van der Waals surface area contributed by atoms with Gasteiger partial charge in [-0.15, -0.1) is 0 Å². The maximum absolute atomic E-state index is 12.8. The zero-order chi connectivity index (χ0) is 24.0. The number of para-hydroxylation sites is 1. The monoisotopic (exact) mass is 449 g/mol. The topological polar surface area (TPSA) is 111 Å². The Labute approximate surface area is 192 Å². The summed E-state index contributed by atoms with van der Waals surface area (Å²) in [5.41, 5.74) is 2.22. The number of anilines is 1. The number of amides is 2. The molecule has 0 bridgehead atoms. The normalized spacial score (nSPS) is 11.7. The number of rotatable bonds is 8. The Hall–Kier alpha value is -3.94. The Bertz CT molecular complexity index is 1140. The zero-order valence-electron chi connectivity index (χ0n) is 19.0. The number of nitrogens with one attached hydrogen (secondary N) is 2. The number of carbonyl (C=O) groups excluding carboxylic acids is 3. The first kappa shape index (κ1) is 23.7. The molecule has 1 atom stereocenters. The molecule has 2 amide bonds. The summed E-state index contributed by atoms with van der Waals surface area (Å²) in [7, 11) is 0. The average Bonchev–Trinajstić information content (AvgIpc) is 3.20. The second-order valence-electron chi connectivity index (χ2n) is 7.94. The summed E-state index contributed by atoms with van der Waals surface area (Å²) in [6, 6.07) is 16.0. The number of ether oxygens (including phenoxy) is 1. The maximum Gasteiger partial charge on any atom is 0.344 e. The van der Waals surface area contributed by atoms with Gasteiger partial charge in [0.2, 0.25) is 0 Å². The molecule has 3 rings (SSSR count). The molecular weight excluding hydrogens is 422 g/mol. The minimum absolute atomic E-state index is 0.0637. The number of aryl methyl sites for hydroxylation is 1. The van der Waals surface area contributed by atoms with E-state index in [1.54, 1.807) is 31.2 Å². The van der Waals surface area contributed by atoms with Crippen molar-refractivity contribution >= 4 is 23.5 Å². The molecule has 0 fully saturated rings. The van der Waals surface area contributed by atoms with Crippen LogP contribution in [0.2, 0.25) is 0 Å². The van der Waals surface area contributed by atoms with Crippen LogP contribution in [0, 0.1) is 6.92 Å². The first-order valence-electron chi connectivity index (χ1n) is 10.7. The Morgan fingerprint density at radius 1 is 1.00 bits per heavy atom. The molecule has 0 saturated heterocycles. The minimum atomic E-state index is -0.685. The SMILES string of the molecule is Cc1noc(C(C)C)c1C(=O)OCC(=O)Nc1ccccc1C(=O)NC(C)c1ccccc1. The molecule has 0 aliphatic rings. The highest BCUT2D eigenvalue weighted by Crippen LogP contribution is 2.23. The van der Waals surface area contributed by atoms with Crippen molar-refractivity contribution in [2.75, 3.05) is 11.9 Å². The zero-order valence-corrected chi connectivity index (χ0v) is 19.0. The van der Waals surface area contributed by atoms with Gasteiger partial charge in [-0.1, -0.05) is 61.5 Å². The third-order valence-corrected chi connectivity index (χ3v) is 5.04. The van der Waals surface area contributed by atoms with Crippen molar-refractivity contribution in [1.29, 1.82) is 0 Å². The lowest BCUT2D eigenvalue weighted by Crippen LogP contribution is -2.28. The van der Waals surface area contributed by atoms with E-state index in [-0.39, 0.29) is 23.4 Å². The molecule has 0 saturated carbocycles. The van der Waals surface area contributed by atoms with E-state index in [4.69, 9.17) is 9.26 Å². The fourth-order valence-corrected chi connectivity index (χ4v) is 3.31. The van der Waals surface area contributed by atoms with Crippen molar-refractivity contribution < 1.29 is 23.6 Å². The first-order chi connectivity index (χ1) is 15.8. The summed E-state index contributed by atoms with van der Waals surface area (Å²) < 4.78 is 10.4. The van der Waals surface area contributed by atoms with E-state index in [1.807, 2.05) is 51.1 Å². The van der Waals surface area contributed by atoms with E-state index in [2.05, 4.69) is 15.8 Å². The van der Waals surface area contributed by atoms with Crippen molar-refractivity contribution in [2.45, 2.75) is 39.7 Å². The number of hydrogen-bond acceptors (Lipinski definition) is 6. The number of nitrogens with zero attached hydrogens (tertiary/aromatic N) is 1. The number of carbonyl (C=O) groups is 3. The largest absolute Gasteiger partial charge is 0.452 e. The van der Waals surface area contributed by atoms with Crippen molar-refractivity contribution in [3.8, 4) is 0 Å². The third kappa shape index (κ3) is 5.85. The van der Waals surface area contributed by atoms with Gasteiger partial charge >= 0.3 is 5.97 Å². The van der Waals surface area contributed by atoms with Crippen molar-refractivity contribution in [3.05, 3.63) is 82.7 Å². The predicted octanol–water partition coefficient (Wildman–Crippen LogP) is 4.39. The number of benzene rings is 2. The van der Waals surface area contributed by atoms with E-state index in [1.165, 1.54) is 0 Å². The van der Waals surface area contributed by atoms with Crippen LogP contribution in [0.25, 0.3) is 0 Å². The lowest BCUT2D eigenvalue weighted by atomic mass is 10.1. The van der Waals surface area contributed by atoms with Gasteiger partial charge < -0.3 is 19.9 Å². The molecule has 1 aromatic heterocycles. The summed E-state index contributed by atoms with van der Waals surface area (Å²) in [5.74, 6) is -1.24. The molecule has 0 aliphatic heterocycles. The van der Waals surface area contributed by atoms with Gasteiger partial charge in [0.05, 0.1) is 23.0 Å². The fraction of sp³-hybridized carbons (Fsp3) is 0.280. The smallest absolute Gasteiger partial charge is 0.344 e. The molecule has 172 valence electrons. The Morgan fingerprint density at radius 3 is 2.36 bits per heavy atom. The predicted molar refractivity (Wildman–Crippen MR) is 123 cm³/mol. The average molecular weight is 450 g/mol. The van der Waals surface area contributed by atoms with E-state index >= 15 is 0 Å². The number of aromatic nitrogens is 1. The molecule has 0 radical (unpaired) electrons. The van der Waals surface area contributed by atoms with Gasteiger partial charge in [0.15, 0.2) is 12.4 Å². The highest BCUT2D eigenvalue weighted by Gasteiger charge is 2.24. The van der Waals surface area contributed by atoms with Crippen LogP contribution in [0.5, 0.6) is 0 Å². The van der Waals surface area contributed by atoms with Gasteiger partial charge in [-0.2, -0.15) is 0 Å². The summed E-state index contributed by atoms with van der Waals surface area (Å²) in [6.07, 6.45) is 0. The lowest BCUT2D eigenvalue weighted by molar-refractivity contribution is -0.119. The first-order valence-corrected chi connectivity index (χ1v) is 10.7. The molecule has 1 unspecified atom stereocenters. The number of hydrogen-bond donors (Lipinski definition) is 2. The quantitative estimate of drug-likeness (QED) is 0.494. The molecule has 8 nitrogen and oxygen atoms in total. The van der Waals surface area contributed by atoms with Gasteiger partial charge in [0.25, 0.3) is 11.8 Å². The van der Waals surface area contributed by atoms with Gasteiger partial charge in [-0.05, 0) is 31.5 Å². The van der Waals surface area contributed by atoms with Gasteiger partial charge in [-0.3, -0.25) is 9.59 Å². The molecule has 0 spiro atoms. The van der Waals surface area contributed by atoms with Gasteiger partial charge in [0, 0.05) is 5.92 Å². The van der Waals surface area contributed by atoms with Crippen LogP contribution in [0.3, 0.4) is 0 Å². The van der Waals surface area contributed by atoms with Gasteiger partial charge in [0.1, 0.15) is 5.56 Å². The van der Waals surface area contributed by atoms with Crippen LogP contribution in [0.4, 0.5) is 5.69 Å². The second-order valence-corrected chi connectivity index (χ2v) is 7.94. The Balaban J connectivity index is 1.63. The van der Waals surface area contributed by atoms with Crippen LogP contribution >= 0.6 is 0 Å². The molecule has 8 heteroatoms. The lowest BCUT2D eigenvalue weighted by Gasteiger charge is -2.16. The summed E-state index contributed by atoms with van der Waals surface area (Å²) >= 11 is 0. The van der Waals surface area contributed by atoms with E-state index in [9.17, 15) is 14.4 Å². The number of esters is 1. The summed E-state index contributed by atoms with van der Waals surface area (Å²) in [6.45, 7) is 6.73. The van der Waals surface area contributed by atoms with Crippen molar-refractivity contribution in [2.24, 2.45) is 0 Å². The third-order valence-electron chi connectivity index (χ3n) is 5.04. The van der Waals surface area contributed by atoms with Crippen LogP contribution in [0.1, 0.15) is 70.5 Å². The second kappa shape index (κ2) is 10.6. The standard InChI is InChI=1S/C25H27N3O5/c1-15(2)23-22(17(4)28-33-23)25(31)32-14-21(29)27-20-13-9-8-12-19(20)24(30)26-16(3)18-10-6-5-7-11-18/h5-13,15-16H,14H2,1-4H3,(H,26,30)(H,27,29). The van der Waals surface area contributed by atoms with Crippen molar-refractivity contribution in [1.82, 2.24) is 10.5 Å². The minimum Gasteiger partial charge on any atom is -0.452 e. The van der Waals surface area contributed by atoms with Crippen LogP contribution in [-0.4, -0.2) is 29.5 Å². The van der Waals surface area contributed by atoms with E-state index in [0.29, 0.717) is 22.7 Å². The molecule has 2 aromatic carbocycles. The summed E-state index contributed by atoms with van der Waals surface area (Å²) in [4.78, 5) is 37.7. The highest BCUT2D eigenvalue weighted by atomic mass is 16.5. The fourth-order valence-electron chi connectivity index (χ4n) is 3.31. The molecule has 3 aromatic rings. The van der Waals surface area contributed by atoms with Crippen LogP contribution < -0.4 is 10.6 Å². The highest BCUT2D eigenvalue weighted by molar-refractivity contribution is 6.04.